The summed E-state index contributed by atoms with van der Waals surface area (Å²) < 4.78 is 0. The van der Waals surface area contributed by atoms with Gasteiger partial charge in [0.05, 0.1) is 0 Å². The van der Waals surface area contributed by atoms with Crippen LogP contribution in [0, 0.1) is 6.92 Å². The van der Waals surface area contributed by atoms with Crippen molar-refractivity contribution < 1.29 is 9.90 Å². The summed E-state index contributed by atoms with van der Waals surface area (Å²) in [5.41, 5.74) is 1.26. The minimum absolute atomic E-state index is 0.263. The molecule has 3 heteroatoms. The van der Waals surface area contributed by atoms with E-state index in [2.05, 4.69) is 19.1 Å². The lowest BCUT2D eigenvalue weighted by Gasteiger charge is -2.03. The third-order valence-electron chi connectivity index (χ3n) is 1.89. The summed E-state index contributed by atoms with van der Waals surface area (Å²) in [5.74, 6) is 0.160. The molecule has 0 spiro atoms. The van der Waals surface area contributed by atoms with Crippen molar-refractivity contribution in [1.82, 2.24) is 0 Å². The van der Waals surface area contributed by atoms with Gasteiger partial charge in [-0.25, -0.2) is 0 Å². The Labute approximate surface area is 88.3 Å². The van der Waals surface area contributed by atoms with E-state index in [1.165, 1.54) is 10.5 Å². The highest BCUT2D eigenvalue weighted by Gasteiger charge is 1.99. The van der Waals surface area contributed by atoms with Gasteiger partial charge in [-0.15, -0.1) is 11.8 Å². The number of carboxylic acids is 1. The maximum Gasteiger partial charge on any atom is 0.303 e. The molecular formula is C11H14O2S. The first-order valence-corrected chi connectivity index (χ1v) is 5.59. The molecule has 1 aromatic carbocycles. The van der Waals surface area contributed by atoms with Crippen molar-refractivity contribution in [2.75, 3.05) is 5.75 Å². The molecule has 0 atom stereocenters. The summed E-state index contributed by atoms with van der Waals surface area (Å²) in [6, 6.07) is 8.16. The smallest absolute Gasteiger partial charge is 0.303 e. The van der Waals surface area contributed by atoms with E-state index >= 15 is 0 Å². The fraction of sp³-hybridized carbons (Fsp3) is 0.364. The van der Waals surface area contributed by atoms with Crippen LogP contribution in [0.2, 0.25) is 0 Å². The molecule has 1 rings (SSSR count). The summed E-state index contributed by atoms with van der Waals surface area (Å²) in [6.07, 6.45) is 0.993. The fourth-order valence-corrected chi connectivity index (χ4v) is 2.10. The van der Waals surface area contributed by atoms with Crippen LogP contribution in [-0.2, 0) is 4.79 Å². The Hall–Kier alpha value is -0.960. The minimum atomic E-state index is -0.713. The van der Waals surface area contributed by atoms with Crippen molar-refractivity contribution in [2.45, 2.75) is 24.7 Å². The average Bonchev–Trinajstić information content (AvgIpc) is 2.15. The van der Waals surface area contributed by atoms with Crippen LogP contribution < -0.4 is 0 Å². The van der Waals surface area contributed by atoms with Gasteiger partial charge in [-0.1, -0.05) is 18.2 Å². The van der Waals surface area contributed by atoms with E-state index in [1.54, 1.807) is 11.8 Å². The zero-order valence-corrected chi connectivity index (χ0v) is 9.01. The molecule has 76 valence electrons. The Kier molecular flexibility index (Phi) is 4.53. The molecule has 1 aromatic rings. The van der Waals surface area contributed by atoms with E-state index in [9.17, 15) is 4.79 Å². The second-order valence-corrected chi connectivity index (χ2v) is 4.25. The Balaban J connectivity index is 2.31. The molecule has 0 aliphatic carbocycles. The van der Waals surface area contributed by atoms with Crippen LogP contribution >= 0.6 is 11.8 Å². The maximum absolute atomic E-state index is 10.3. The number of hydrogen-bond donors (Lipinski definition) is 1. The van der Waals surface area contributed by atoms with Crippen molar-refractivity contribution in [1.29, 1.82) is 0 Å². The molecule has 0 saturated heterocycles. The molecule has 0 bridgehead atoms. The lowest BCUT2D eigenvalue weighted by atomic mass is 10.2. The molecule has 2 nitrogen and oxygen atoms in total. The summed E-state index contributed by atoms with van der Waals surface area (Å²) in [6.45, 7) is 2.07. The number of rotatable bonds is 5. The Bertz CT molecular complexity index is 310. The number of benzene rings is 1. The molecule has 0 amide bonds. The van der Waals surface area contributed by atoms with E-state index in [-0.39, 0.29) is 6.42 Å². The van der Waals surface area contributed by atoms with Crippen molar-refractivity contribution >= 4 is 17.7 Å². The molecule has 14 heavy (non-hydrogen) atoms. The molecule has 0 aromatic heterocycles. The molecular weight excluding hydrogens is 196 g/mol. The molecule has 1 N–H and O–H groups in total. The molecule has 0 saturated carbocycles. The van der Waals surface area contributed by atoms with Crippen molar-refractivity contribution in [2.24, 2.45) is 0 Å². The number of hydrogen-bond acceptors (Lipinski definition) is 2. The van der Waals surface area contributed by atoms with E-state index in [0.29, 0.717) is 0 Å². The first kappa shape index (κ1) is 11.1. The highest BCUT2D eigenvalue weighted by molar-refractivity contribution is 7.99. The van der Waals surface area contributed by atoms with Crippen molar-refractivity contribution in [3.63, 3.8) is 0 Å². The van der Waals surface area contributed by atoms with Gasteiger partial charge in [0, 0.05) is 11.3 Å². The summed E-state index contributed by atoms with van der Waals surface area (Å²) in [4.78, 5) is 11.5. The predicted octanol–water partition coefficient (Wildman–Crippen LogP) is 2.95. The van der Waals surface area contributed by atoms with Crippen LogP contribution in [0.25, 0.3) is 0 Å². The Morgan fingerprint density at radius 1 is 1.43 bits per heavy atom. The fourth-order valence-electron chi connectivity index (χ4n) is 1.12. The predicted molar refractivity (Wildman–Crippen MR) is 58.8 cm³/mol. The summed E-state index contributed by atoms with van der Waals surface area (Å²) >= 11 is 1.73. The van der Waals surface area contributed by atoms with Crippen LogP contribution in [0.1, 0.15) is 18.4 Å². The standard InChI is InChI=1S/C11H14O2S/c1-9-5-2-3-6-10(9)14-8-4-7-11(12)13/h2-3,5-6H,4,7-8H2,1H3,(H,12,13). The molecule has 0 radical (unpaired) electrons. The van der Waals surface area contributed by atoms with Gasteiger partial charge in [0.1, 0.15) is 0 Å². The normalized spacial score (nSPS) is 10.1. The number of carbonyl (C=O) groups is 1. The number of thioether (sulfide) groups is 1. The number of aryl methyl sites for hydroxylation is 1. The van der Waals surface area contributed by atoms with Gasteiger partial charge in [0.2, 0.25) is 0 Å². The lowest BCUT2D eigenvalue weighted by Crippen LogP contribution is -1.94. The van der Waals surface area contributed by atoms with Crippen LogP contribution in [0.5, 0.6) is 0 Å². The van der Waals surface area contributed by atoms with E-state index in [0.717, 1.165) is 12.2 Å². The Morgan fingerprint density at radius 2 is 2.14 bits per heavy atom. The molecule has 0 unspecified atom stereocenters. The van der Waals surface area contributed by atoms with Crippen LogP contribution in [0.3, 0.4) is 0 Å². The number of carboxylic acid groups (broad SMARTS) is 1. The van der Waals surface area contributed by atoms with Crippen LogP contribution in [0.4, 0.5) is 0 Å². The second kappa shape index (κ2) is 5.70. The molecule has 0 fully saturated rings. The third-order valence-corrected chi connectivity index (χ3v) is 3.15. The highest BCUT2D eigenvalue weighted by atomic mass is 32.2. The monoisotopic (exact) mass is 210 g/mol. The Morgan fingerprint density at radius 3 is 2.79 bits per heavy atom. The van der Waals surface area contributed by atoms with Gasteiger partial charge in [-0.3, -0.25) is 4.79 Å². The summed E-state index contributed by atoms with van der Waals surface area (Å²) in [7, 11) is 0. The van der Waals surface area contributed by atoms with E-state index in [4.69, 9.17) is 5.11 Å². The van der Waals surface area contributed by atoms with E-state index in [1.807, 2.05) is 12.1 Å². The van der Waals surface area contributed by atoms with Crippen LogP contribution in [-0.4, -0.2) is 16.8 Å². The minimum Gasteiger partial charge on any atom is -0.481 e. The topological polar surface area (TPSA) is 37.3 Å². The van der Waals surface area contributed by atoms with Gasteiger partial charge in [0.15, 0.2) is 0 Å². The second-order valence-electron chi connectivity index (χ2n) is 3.11. The summed E-state index contributed by atoms with van der Waals surface area (Å²) in [5, 5.41) is 8.46. The number of aliphatic carboxylic acids is 1. The molecule has 0 aliphatic heterocycles. The first-order valence-electron chi connectivity index (χ1n) is 4.60. The van der Waals surface area contributed by atoms with Gasteiger partial charge >= 0.3 is 5.97 Å². The first-order chi connectivity index (χ1) is 6.70. The van der Waals surface area contributed by atoms with Gasteiger partial charge in [0.25, 0.3) is 0 Å². The van der Waals surface area contributed by atoms with Gasteiger partial charge in [-0.05, 0) is 30.7 Å². The average molecular weight is 210 g/mol. The molecule has 0 aliphatic rings. The van der Waals surface area contributed by atoms with E-state index < -0.39 is 5.97 Å². The van der Waals surface area contributed by atoms with Crippen molar-refractivity contribution in [3.8, 4) is 0 Å². The zero-order valence-electron chi connectivity index (χ0n) is 8.19. The van der Waals surface area contributed by atoms with Gasteiger partial charge in [-0.2, -0.15) is 0 Å². The molecule has 0 heterocycles. The van der Waals surface area contributed by atoms with Crippen molar-refractivity contribution in [3.05, 3.63) is 29.8 Å². The zero-order chi connectivity index (χ0) is 10.4. The quantitative estimate of drug-likeness (QED) is 0.599. The lowest BCUT2D eigenvalue weighted by molar-refractivity contribution is -0.137. The third kappa shape index (κ3) is 3.83. The van der Waals surface area contributed by atoms with Crippen LogP contribution in [0.15, 0.2) is 29.2 Å². The SMILES string of the molecule is Cc1ccccc1SCCCC(=O)O. The maximum atomic E-state index is 10.3. The van der Waals surface area contributed by atoms with Gasteiger partial charge < -0.3 is 5.11 Å². The largest absolute Gasteiger partial charge is 0.481 e. The highest BCUT2D eigenvalue weighted by Crippen LogP contribution is 2.22.